The predicted molar refractivity (Wildman–Crippen MR) is 82.8 cm³/mol. The van der Waals surface area contributed by atoms with Crippen LogP contribution >= 0.6 is 15.9 Å². The summed E-state index contributed by atoms with van der Waals surface area (Å²) >= 11 is 3.60. The van der Waals surface area contributed by atoms with Crippen molar-refractivity contribution in [3.63, 3.8) is 0 Å². The molecular formula is C15H25BrN2. The second kappa shape index (κ2) is 7.27. The van der Waals surface area contributed by atoms with E-state index in [-0.39, 0.29) is 0 Å². The molecule has 3 heteroatoms. The molecule has 0 heterocycles. The molecule has 0 radical (unpaired) electrons. The number of likely N-dealkylation sites (N-methyl/N-ethyl adjacent to an activating group) is 1. The van der Waals surface area contributed by atoms with Crippen LogP contribution in [0.5, 0.6) is 0 Å². The summed E-state index contributed by atoms with van der Waals surface area (Å²) in [7, 11) is 2.17. The van der Waals surface area contributed by atoms with Gasteiger partial charge >= 0.3 is 0 Å². The fourth-order valence-electron chi connectivity index (χ4n) is 2.28. The van der Waals surface area contributed by atoms with Gasteiger partial charge in [0.25, 0.3) is 0 Å². The molecule has 2 atom stereocenters. The molecule has 2 nitrogen and oxygen atoms in total. The fraction of sp³-hybridized carbons (Fsp3) is 0.600. The Labute approximate surface area is 120 Å². The normalized spacial score (nSPS) is 14.8. The molecule has 2 N–H and O–H groups in total. The highest BCUT2D eigenvalue weighted by molar-refractivity contribution is 9.10. The lowest BCUT2D eigenvalue weighted by Crippen LogP contribution is -2.37. The second-order valence-electron chi connectivity index (χ2n) is 5.06. The first-order valence-corrected chi connectivity index (χ1v) is 7.48. The maximum Gasteiger partial charge on any atom is 0.0470 e. The summed E-state index contributed by atoms with van der Waals surface area (Å²) in [6.07, 6.45) is 2.42. The number of benzene rings is 1. The molecule has 1 aromatic rings. The van der Waals surface area contributed by atoms with Gasteiger partial charge in [-0.05, 0) is 44.5 Å². The van der Waals surface area contributed by atoms with Crippen LogP contribution < -0.4 is 5.73 Å². The molecule has 0 saturated heterocycles. The van der Waals surface area contributed by atoms with Crippen molar-refractivity contribution in [2.24, 2.45) is 5.73 Å². The molecule has 18 heavy (non-hydrogen) atoms. The van der Waals surface area contributed by atoms with Gasteiger partial charge in [0.2, 0.25) is 0 Å². The highest BCUT2D eigenvalue weighted by Gasteiger charge is 2.20. The van der Waals surface area contributed by atoms with E-state index in [4.69, 9.17) is 5.73 Å². The van der Waals surface area contributed by atoms with Gasteiger partial charge in [0.15, 0.2) is 0 Å². The SMILES string of the molecule is CCCC(C)N(C)C(CN)c1ccc(C)c(Br)c1. The Morgan fingerprint density at radius 2 is 2.06 bits per heavy atom. The fourth-order valence-corrected chi connectivity index (χ4v) is 2.68. The van der Waals surface area contributed by atoms with Crippen LogP contribution in [0.25, 0.3) is 0 Å². The van der Waals surface area contributed by atoms with Crippen LogP contribution in [0.3, 0.4) is 0 Å². The lowest BCUT2D eigenvalue weighted by Gasteiger charge is -2.33. The summed E-state index contributed by atoms with van der Waals surface area (Å²) in [4.78, 5) is 2.39. The molecule has 1 rings (SSSR count). The number of hydrogen-bond acceptors (Lipinski definition) is 2. The van der Waals surface area contributed by atoms with Crippen LogP contribution in [0.2, 0.25) is 0 Å². The Morgan fingerprint density at radius 1 is 1.39 bits per heavy atom. The summed E-state index contributed by atoms with van der Waals surface area (Å²) < 4.78 is 1.16. The first-order valence-electron chi connectivity index (χ1n) is 6.69. The molecule has 0 spiro atoms. The summed E-state index contributed by atoms with van der Waals surface area (Å²) in [6.45, 7) is 7.26. The summed E-state index contributed by atoms with van der Waals surface area (Å²) in [5, 5.41) is 0. The Kier molecular flexibility index (Phi) is 6.33. The Balaban J connectivity index is 2.91. The highest BCUT2D eigenvalue weighted by Crippen LogP contribution is 2.26. The van der Waals surface area contributed by atoms with Crippen molar-refractivity contribution in [2.75, 3.05) is 13.6 Å². The van der Waals surface area contributed by atoms with Crippen molar-refractivity contribution < 1.29 is 0 Å². The minimum absolute atomic E-state index is 0.295. The topological polar surface area (TPSA) is 29.3 Å². The molecule has 0 fully saturated rings. The molecule has 0 aliphatic heterocycles. The second-order valence-corrected chi connectivity index (χ2v) is 5.92. The van der Waals surface area contributed by atoms with E-state index in [0.717, 1.165) is 4.47 Å². The standard InChI is InChI=1S/C15H25BrN2/c1-5-6-12(3)18(4)15(10-17)13-8-7-11(2)14(16)9-13/h7-9,12,15H,5-6,10,17H2,1-4H3. The van der Waals surface area contributed by atoms with Crippen LogP contribution in [0.15, 0.2) is 22.7 Å². The minimum Gasteiger partial charge on any atom is -0.329 e. The van der Waals surface area contributed by atoms with Gasteiger partial charge in [-0.1, -0.05) is 41.4 Å². The number of rotatable bonds is 6. The zero-order valence-electron chi connectivity index (χ0n) is 11.9. The Bertz CT molecular complexity index is 379. The summed E-state index contributed by atoms with van der Waals surface area (Å²) in [5.41, 5.74) is 8.53. The lowest BCUT2D eigenvalue weighted by molar-refractivity contribution is 0.180. The maximum absolute atomic E-state index is 5.97. The maximum atomic E-state index is 5.97. The zero-order valence-corrected chi connectivity index (χ0v) is 13.5. The molecule has 0 aliphatic rings. The van der Waals surface area contributed by atoms with Crippen molar-refractivity contribution >= 4 is 15.9 Å². The first kappa shape index (κ1) is 15.7. The van der Waals surface area contributed by atoms with Gasteiger partial charge in [-0.15, -0.1) is 0 Å². The third kappa shape index (κ3) is 3.81. The van der Waals surface area contributed by atoms with E-state index in [1.807, 2.05) is 0 Å². The van der Waals surface area contributed by atoms with Crippen LogP contribution in [0.1, 0.15) is 43.9 Å². The quantitative estimate of drug-likeness (QED) is 0.863. The Morgan fingerprint density at radius 3 is 2.56 bits per heavy atom. The van der Waals surface area contributed by atoms with Gasteiger partial charge in [-0.25, -0.2) is 0 Å². The monoisotopic (exact) mass is 312 g/mol. The highest BCUT2D eigenvalue weighted by atomic mass is 79.9. The smallest absolute Gasteiger partial charge is 0.0470 e. The molecule has 0 aliphatic carbocycles. The van der Waals surface area contributed by atoms with E-state index in [1.54, 1.807) is 0 Å². The minimum atomic E-state index is 0.295. The van der Waals surface area contributed by atoms with E-state index in [9.17, 15) is 0 Å². The van der Waals surface area contributed by atoms with E-state index < -0.39 is 0 Å². The van der Waals surface area contributed by atoms with E-state index in [0.29, 0.717) is 18.6 Å². The summed E-state index contributed by atoms with van der Waals surface area (Å²) in [5.74, 6) is 0. The average Bonchev–Trinajstić information content (AvgIpc) is 2.34. The van der Waals surface area contributed by atoms with Crippen LogP contribution in [-0.4, -0.2) is 24.5 Å². The zero-order chi connectivity index (χ0) is 13.7. The van der Waals surface area contributed by atoms with Crippen molar-refractivity contribution in [1.82, 2.24) is 4.90 Å². The Hall–Kier alpha value is -0.380. The van der Waals surface area contributed by atoms with E-state index >= 15 is 0 Å². The molecule has 0 amide bonds. The van der Waals surface area contributed by atoms with Crippen molar-refractivity contribution in [3.8, 4) is 0 Å². The third-order valence-corrected chi connectivity index (χ3v) is 4.55. The average molecular weight is 313 g/mol. The molecule has 102 valence electrons. The van der Waals surface area contributed by atoms with Crippen LogP contribution in [0, 0.1) is 6.92 Å². The molecule has 0 bridgehead atoms. The molecular weight excluding hydrogens is 288 g/mol. The van der Waals surface area contributed by atoms with Gasteiger partial charge in [0.05, 0.1) is 0 Å². The molecule has 0 aromatic heterocycles. The van der Waals surface area contributed by atoms with Crippen molar-refractivity contribution in [1.29, 1.82) is 0 Å². The van der Waals surface area contributed by atoms with Gasteiger partial charge in [-0.3, -0.25) is 4.90 Å². The molecule has 2 unspecified atom stereocenters. The van der Waals surface area contributed by atoms with Crippen LogP contribution in [0.4, 0.5) is 0 Å². The number of aryl methyl sites for hydroxylation is 1. The summed E-state index contributed by atoms with van der Waals surface area (Å²) in [6, 6.07) is 7.39. The largest absolute Gasteiger partial charge is 0.329 e. The third-order valence-electron chi connectivity index (χ3n) is 3.70. The predicted octanol–water partition coefficient (Wildman–Crippen LogP) is 3.88. The van der Waals surface area contributed by atoms with Gasteiger partial charge in [0, 0.05) is 23.1 Å². The number of nitrogens with zero attached hydrogens (tertiary/aromatic N) is 1. The van der Waals surface area contributed by atoms with E-state index in [1.165, 1.54) is 24.0 Å². The van der Waals surface area contributed by atoms with Crippen molar-refractivity contribution in [2.45, 2.75) is 45.7 Å². The molecule has 0 saturated carbocycles. The first-order chi connectivity index (χ1) is 8.51. The van der Waals surface area contributed by atoms with Crippen LogP contribution in [-0.2, 0) is 0 Å². The number of nitrogens with two attached hydrogens (primary N) is 1. The molecule has 1 aromatic carbocycles. The van der Waals surface area contributed by atoms with Gasteiger partial charge in [-0.2, -0.15) is 0 Å². The van der Waals surface area contributed by atoms with Crippen molar-refractivity contribution in [3.05, 3.63) is 33.8 Å². The van der Waals surface area contributed by atoms with Gasteiger partial charge in [0.1, 0.15) is 0 Å². The lowest BCUT2D eigenvalue weighted by atomic mass is 10.0. The van der Waals surface area contributed by atoms with Gasteiger partial charge < -0.3 is 5.73 Å². The van der Waals surface area contributed by atoms with E-state index in [2.05, 4.69) is 66.8 Å². The number of hydrogen-bond donors (Lipinski definition) is 1. The number of halogens is 1.